The van der Waals surface area contributed by atoms with Crippen molar-refractivity contribution in [1.29, 1.82) is 0 Å². The van der Waals surface area contributed by atoms with E-state index in [1.165, 1.54) is 16.3 Å². The Bertz CT molecular complexity index is 2010. The van der Waals surface area contributed by atoms with Gasteiger partial charge in [-0.2, -0.15) is 0 Å². The molecule has 0 bridgehead atoms. The molecule has 2 heterocycles. The maximum Gasteiger partial charge on any atom is 0.0840 e. The van der Waals surface area contributed by atoms with Crippen LogP contribution in [0.5, 0.6) is 0 Å². The normalized spacial score (nSPS) is 15.3. The standard InChI is InChI=1S/2C15H11N/c2*1-2-7-13(8-3-1)15-14-9-5-4-6-12(14)10-11-16-15/h2*1-11H/i1D,2D,3D,4D,5D,6D,7D,8D,9D,10D,11D;. The molecule has 6 aromatic rings. The van der Waals surface area contributed by atoms with E-state index in [0.717, 1.165) is 5.69 Å². The highest BCUT2D eigenvalue weighted by Gasteiger charge is 2.04. The van der Waals surface area contributed by atoms with Crippen molar-refractivity contribution < 1.29 is 15.1 Å². The molecule has 0 saturated carbocycles. The van der Waals surface area contributed by atoms with Gasteiger partial charge in [-0.15, -0.1) is 0 Å². The lowest BCUT2D eigenvalue weighted by atomic mass is 10.0. The second-order valence-electron chi connectivity index (χ2n) is 6.69. The highest BCUT2D eigenvalue weighted by Crippen LogP contribution is 2.26. The number of pyridine rings is 2. The van der Waals surface area contributed by atoms with Gasteiger partial charge in [0.2, 0.25) is 0 Å². The van der Waals surface area contributed by atoms with Crippen LogP contribution in [0.3, 0.4) is 0 Å². The second-order valence-corrected chi connectivity index (χ2v) is 6.69. The summed E-state index contributed by atoms with van der Waals surface area (Å²) >= 11 is 0. The number of aromatic nitrogens is 2. The Kier molecular flexibility index (Phi) is 3.13. The smallest absolute Gasteiger partial charge is 0.0840 e. The van der Waals surface area contributed by atoms with Crippen LogP contribution in [0.4, 0.5) is 0 Å². The van der Waals surface area contributed by atoms with Crippen molar-refractivity contribution in [2.24, 2.45) is 0 Å². The summed E-state index contributed by atoms with van der Waals surface area (Å²) in [6.45, 7) is 0. The van der Waals surface area contributed by atoms with Gasteiger partial charge in [0.1, 0.15) is 0 Å². The van der Waals surface area contributed by atoms with Gasteiger partial charge in [0.25, 0.3) is 0 Å². The molecule has 0 radical (unpaired) electrons. The topological polar surface area (TPSA) is 25.8 Å². The number of benzene rings is 4. The molecule has 4 aromatic carbocycles. The zero-order valence-electron chi connectivity index (χ0n) is 27.7. The quantitative estimate of drug-likeness (QED) is 0.285. The lowest BCUT2D eigenvalue weighted by Crippen LogP contribution is -1.84. The molecule has 2 nitrogen and oxygen atoms in total. The zero-order chi connectivity index (χ0) is 31.2. The van der Waals surface area contributed by atoms with E-state index in [1.54, 1.807) is 0 Å². The predicted molar refractivity (Wildman–Crippen MR) is 134 cm³/mol. The Morgan fingerprint density at radius 2 is 1.22 bits per heavy atom. The van der Waals surface area contributed by atoms with Crippen molar-refractivity contribution in [3.05, 3.63) is 133 Å². The Morgan fingerprint density at radius 3 is 2.09 bits per heavy atom. The Morgan fingerprint density at radius 1 is 0.500 bits per heavy atom. The van der Waals surface area contributed by atoms with E-state index >= 15 is 0 Å². The predicted octanol–water partition coefficient (Wildman–Crippen LogP) is 7.80. The van der Waals surface area contributed by atoms with E-state index in [0.29, 0.717) is 0 Å². The van der Waals surface area contributed by atoms with Crippen LogP contribution in [0.25, 0.3) is 44.1 Å². The Hall–Kier alpha value is -4.30. The molecule has 0 fully saturated rings. The van der Waals surface area contributed by atoms with E-state index in [2.05, 4.69) is 46.4 Å². The maximum atomic E-state index is 8.14. The average Bonchev–Trinajstić information content (AvgIpc) is 3.02. The monoisotopic (exact) mass is 421 g/mol. The number of hydrogen-bond acceptors (Lipinski definition) is 2. The summed E-state index contributed by atoms with van der Waals surface area (Å²) in [4.78, 5) is 8.32. The molecular formula is C30H22N2. The first-order valence-electron chi connectivity index (χ1n) is 15.3. The minimum atomic E-state index is -0.636. The fourth-order valence-corrected chi connectivity index (χ4v) is 3.27. The highest BCUT2D eigenvalue weighted by molar-refractivity contribution is 5.95. The van der Waals surface area contributed by atoms with Crippen LogP contribution in [-0.4, -0.2) is 9.97 Å². The molecule has 0 unspecified atom stereocenters. The Labute approximate surface area is 203 Å². The first kappa shape index (κ1) is 10.8. The van der Waals surface area contributed by atoms with Crippen LogP contribution in [0.15, 0.2) is 133 Å². The molecule has 0 saturated heterocycles. The van der Waals surface area contributed by atoms with E-state index in [4.69, 9.17) is 15.1 Å². The van der Waals surface area contributed by atoms with Gasteiger partial charge in [-0.25, -0.2) is 0 Å². The average molecular weight is 422 g/mol. The van der Waals surface area contributed by atoms with Gasteiger partial charge >= 0.3 is 0 Å². The molecule has 0 aliphatic heterocycles. The number of rotatable bonds is 2. The summed E-state index contributed by atoms with van der Waals surface area (Å²) in [6, 6.07) is 14.7. The third kappa shape index (κ3) is 4.12. The van der Waals surface area contributed by atoms with Crippen LogP contribution < -0.4 is 0 Å². The minimum Gasteiger partial charge on any atom is -0.256 e. The third-order valence-electron chi connectivity index (χ3n) is 4.73. The van der Waals surface area contributed by atoms with Crippen molar-refractivity contribution in [1.82, 2.24) is 9.97 Å². The van der Waals surface area contributed by atoms with Crippen LogP contribution in [0.2, 0.25) is 0 Å². The summed E-state index contributed by atoms with van der Waals surface area (Å²) in [5, 5.41) is 1.89. The number of nitrogens with zero attached hydrogens (tertiary/aromatic N) is 2. The number of fused-ring (bicyclic) bond motifs is 2. The fraction of sp³-hybridized carbons (Fsp3) is 0. The van der Waals surface area contributed by atoms with Crippen molar-refractivity contribution in [2.45, 2.75) is 0 Å². The van der Waals surface area contributed by atoms with Gasteiger partial charge in [0.15, 0.2) is 0 Å². The minimum absolute atomic E-state index is 0.263. The first-order valence-corrected chi connectivity index (χ1v) is 9.79. The van der Waals surface area contributed by atoms with Gasteiger partial charge in [0, 0.05) is 34.3 Å². The highest BCUT2D eigenvalue weighted by atomic mass is 14.7. The van der Waals surface area contributed by atoms with Gasteiger partial charge in [-0.05, 0) is 22.9 Å². The SMILES string of the molecule is [2H]c1nc(-c2c([2H])c([2H])c([2H])c([2H])c2[2H])c2c([2H])c([2H])c([2H])c([2H])c2c1[2H].c1ccc(-c2nccc3ccccc23)cc1. The van der Waals surface area contributed by atoms with Crippen LogP contribution >= 0.6 is 0 Å². The van der Waals surface area contributed by atoms with Crippen molar-refractivity contribution in [3.63, 3.8) is 0 Å². The molecule has 2 heteroatoms. The lowest BCUT2D eigenvalue weighted by Gasteiger charge is -2.04. The van der Waals surface area contributed by atoms with Gasteiger partial charge < -0.3 is 0 Å². The van der Waals surface area contributed by atoms with Crippen LogP contribution in [-0.2, 0) is 0 Å². The van der Waals surface area contributed by atoms with Crippen molar-refractivity contribution in [2.75, 3.05) is 0 Å². The second kappa shape index (κ2) is 9.23. The summed E-state index contributed by atoms with van der Waals surface area (Å²) < 4.78 is 87.1. The fourth-order valence-electron chi connectivity index (χ4n) is 3.27. The van der Waals surface area contributed by atoms with E-state index in [9.17, 15) is 0 Å². The molecule has 0 amide bonds. The van der Waals surface area contributed by atoms with Crippen molar-refractivity contribution >= 4 is 21.5 Å². The molecule has 0 aliphatic rings. The summed E-state index contributed by atoms with van der Waals surface area (Å²) in [5.41, 5.74) is 1.48. The third-order valence-corrected chi connectivity index (χ3v) is 4.73. The molecule has 0 N–H and O–H groups in total. The van der Waals surface area contributed by atoms with Gasteiger partial charge in [-0.1, -0.05) is 109 Å². The summed E-state index contributed by atoms with van der Waals surface area (Å²) in [6.07, 6.45) is 1.24. The summed E-state index contributed by atoms with van der Waals surface area (Å²) in [7, 11) is 0. The van der Waals surface area contributed by atoms with E-state index in [-0.39, 0.29) is 22.0 Å². The number of hydrogen-bond donors (Lipinski definition) is 0. The molecule has 6 rings (SSSR count). The van der Waals surface area contributed by atoms with Crippen LogP contribution in [0.1, 0.15) is 15.1 Å². The largest absolute Gasteiger partial charge is 0.256 e. The molecule has 2 aromatic heterocycles. The molecule has 152 valence electrons. The molecule has 32 heavy (non-hydrogen) atoms. The van der Waals surface area contributed by atoms with Crippen LogP contribution in [0, 0.1) is 0 Å². The first-order chi connectivity index (χ1) is 20.5. The molecular weight excluding hydrogens is 388 g/mol. The van der Waals surface area contributed by atoms with E-state index < -0.39 is 66.6 Å². The molecule has 0 aliphatic carbocycles. The Balaban J connectivity index is 0.000000194. The summed E-state index contributed by atoms with van der Waals surface area (Å²) in [5.74, 6) is 0. The maximum absolute atomic E-state index is 8.14. The van der Waals surface area contributed by atoms with Gasteiger partial charge in [0.05, 0.1) is 26.5 Å². The van der Waals surface area contributed by atoms with Gasteiger partial charge in [-0.3, -0.25) is 9.97 Å². The van der Waals surface area contributed by atoms with E-state index in [1.807, 2.05) is 30.5 Å². The van der Waals surface area contributed by atoms with Crippen molar-refractivity contribution in [3.8, 4) is 22.5 Å². The zero-order valence-corrected chi connectivity index (χ0v) is 16.7. The lowest BCUT2D eigenvalue weighted by molar-refractivity contribution is 1.36. The molecule has 0 spiro atoms. The molecule has 0 atom stereocenters.